The molecule has 0 unspecified atom stereocenters. The summed E-state index contributed by atoms with van der Waals surface area (Å²) in [6.45, 7) is 6.46. The number of fused-ring (bicyclic) bond motifs is 1. The Kier molecular flexibility index (Phi) is 5.04. The van der Waals surface area contributed by atoms with Gasteiger partial charge in [0.05, 0.1) is 11.4 Å². The van der Waals surface area contributed by atoms with Crippen LogP contribution in [0.25, 0.3) is 21.5 Å². The lowest BCUT2D eigenvalue weighted by atomic mass is 10.1. The molecule has 5 nitrogen and oxygen atoms in total. The van der Waals surface area contributed by atoms with Gasteiger partial charge in [0.15, 0.2) is 0 Å². The highest BCUT2D eigenvalue weighted by atomic mass is 35.5. The fourth-order valence-electron chi connectivity index (χ4n) is 3.35. The Morgan fingerprint density at radius 3 is 2.52 bits per heavy atom. The molecule has 1 amide bonds. The first kappa shape index (κ1) is 18.2. The van der Waals surface area contributed by atoms with E-state index in [1.54, 1.807) is 0 Å². The average molecular weight is 401 g/mol. The summed E-state index contributed by atoms with van der Waals surface area (Å²) < 4.78 is 0. The molecule has 2 aromatic heterocycles. The highest BCUT2D eigenvalue weighted by Gasteiger charge is 2.25. The molecular formula is C20H21ClN4OS. The number of anilines is 1. The molecule has 1 saturated heterocycles. The van der Waals surface area contributed by atoms with Gasteiger partial charge in [0.1, 0.15) is 9.71 Å². The molecule has 0 spiro atoms. The number of carbonyl (C=O) groups excluding carboxylic acids is 1. The van der Waals surface area contributed by atoms with Gasteiger partial charge in [0.25, 0.3) is 5.91 Å². The van der Waals surface area contributed by atoms with Crippen molar-refractivity contribution in [3.8, 4) is 11.3 Å². The molecular weight excluding hydrogens is 380 g/mol. The number of nitrogen functional groups attached to an aromatic ring is 1. The van der Waals surface area contributed by atoms with Crippen LogP contribution in [-0.2, 0) is 0 Å². The fraction of sp³-hybridized carbons (Fsp3) is 0.300. The van der Waals surface area contributed by atoms with Crippen molar-refractivity contribution in [3.63, 3.8) is 0 Å². The van der Waals surface area contributed by atoms with E-state index in [-0.39, 0.29) is 5.91 Å². The van der Waals surface area contributed by atoms with Gasteiger partial charge in [-0.3, -0.25) is 4.79 Å². The predicted molar refractivity (Wildman–Crippen MR) is 112 cm³/mol. The Bertz CT molecular complexity index is 978. The molecule has 0 radical (unpaired) electrons. The minimum atomic E-state index is 0.0132. The van der Waals surface area contributed by atoms with E-state index in [0.717, 1.165) is 54.2 Å². The molecule has 140 valence electrons. The zero-order valence-corrected chi connectivity index (χ0v) is 16.7. The predicted octanol–water partition coefficient (Wildman–Crippen LogP) is 3.98. The van der Waals surface area contributed by atoms with Crippen molar-refractivity contribution in [1.29, 1.82) is 0 Å². The molecule has 2 N–H and O–H groups in total. The Morgan fingerprint density at radius 2 is 1.85 bits per heavy atom. The number of benzene rings is 1. The summed E-state index contributed by atoms with van der Waals surface area (Å²) in [4.78, 5) is 23.3. The second-order valence-electron chi connectivity index (χ2n) is 6.63. The number of nitrogens with two attached hydrogens (primary N) is 1. The molecule has 27 heavy (non-hydrogen) atoms. The van der Waals surface area contributed by atoms with Gasteiger partial charge >= 0.3 is 0 Å². The van der Waals surface area contributed by atoms with E-state index in [1.165, 1.54) is 11.3 Å². The van der Waals surface area contributed by atoms with E-state index in [0.29, 0.717) is 15.6 Å². The molecule has 0 aliphatic carbocycles. The number of rotatable bonds is 3. The minimum absolute atomic E-state index is 0.0132. The second kappa shape index (κ2) is 7.46. The fourth-order valence-corrected chi connectivity index (χ4v) is 4.54. The SMILES string of the molecule is CCN1CCN(C(=O)c2sc3nc(-c4ccc(Cl)cc4)ccc3c2N)CC1. The maximum Gasteiger partial charge on any atom is 0.266 e. The summed E-state index contributed by atoms with van der Waals surface area (Å²) in [5.74, 6) is 0.0132. The first-order chi connectivity index (χ1) is 13.1. The van der Waals surface area contributed by atoms with Crippen molar-refractivity contribution in [2.45, 2.75) is 6.92 Å². The van der Waals surface area contributed by atoms with Crippen molar-refractivity contribution < 1.29 is 4.79 Å². The molecule has 1 aliphatic heterocycles. The van der Waals surface area contributed by atoms with Crippen LogP contribution in [0.4, 0.5) is 5.69 Å². The van der Waals surface area contributed by atoms with Crippen LogP contribution in [0.3, 0.4) is 0 Å². The molecule has 4 rings (SSSR count). The van der Waals surface area contributed by atoms with Gasteiger partial charge in [-0.2, -0.15) is 0 Å². The Balaban J connectivity index is 1.63. The third-order valence-corrected chi connectivity index (χ3v) is 6.39. The van der Waals surface area contributed by atoms with Crippen molar-refractivity contribution >= 4 is 44.7 Å². The summed E-state index contributed by atoms with van der Waals surface area (Å²) in [7, 11) is 0. The van der Waals surface area contributed by atoms with E-state index in [2.05, 4.69) is 11.8 Å². The van der Waals surface area contributed by atoms with Crippen LogP contribution in [0.2, 0.25) is 5.02 Å². The number of thiophene rings is 1. The Hall–Kier alpha value is -2.15. The molecule has 1 fully saturated rings. The highest BCUT2D eigenvalue weighted by molar-refractivity contribution is 7.21. The van der Waals surface area contributed by atoms with Crippen molar-refractivity contribution in [3.05, 3.63) is 46.3 Å². The molecule has 3 aromatic rings. The lowest BCUT2D eigenvalue weighted by Gasteiger charge is -2.33. The number of nitrogens with zero attached hydrogens (tertiary/aromatic N) is 3. The second-order valence-corrected chi connectivity index (χ2v) is 8.06. The number of pyridine rings is 1. The van der Waals surface area contributed by atoms with Crippen molar-refractivity contribution in [1.82, 2.24) is 14.8 Å². The topological polar surface area (TPSA) is 62.5 Å². The number of carbonyl (C=O) groups is 1. The first-order valence-corrected chi connectivity index (χ1v) is 10.2. The van der Waals surface area contributed by atoms with Crippen molar-refractivity contribution in [2.75, 3.05) is 38.5 Å². The molecule has 1 aliphatic rings. The molecule has 0 atom stereocenters. The van der Waals surface area contributed by atoms with Crippen LogP contribution in [-0.4, -0.2) is 53.4 Å². The molecule has 0 bridgehead atoms. The normalized spacial score (nSPS) is 15.4. The van der Waals surface area contributed by atoms with Gasteiger partial charge in [-0.15, -0.1) is 11.3 Å². The maximum atomic E-state index is 13.0. The van der Waals surface area contributed by atoms with Crippen LogP contribution in [0.5, 0.6) is 0 Å². The highest BCUT2D eigenvalue weighted by Crippen LogP contribution is 2.35. The number of likely N-dealkylation sites (N-methyl/N-ethyl adjacent to an activating group) is 1. The van der Waals surface area contributed by atoms with Gasteiger partial charge in [0, 0.05) is 42.2 Å². The van der Waals surface area contributed by atoms with Crippen LogP contribution in [0, 0.1) is 0 Å². The van der Waals surface area contributed by atoms with Crippen LogP contribution < -0.4 is 5.73 Å². The quantitative estimate of drug-likeness (QED) is 0.722. The lowest BCUT2D eigenvalue weighted by molar-refractivity contribution is 0.0649. The van der Waals surface area contributed by atoms with Crippen molar-refractivity contribution in [2.24, 2.45) is 0 Å². The van der Waals surface area contributed by atoms with Gasteiger partial charge in [-0.05, 0) is 30.8 Å². The zero-order valence-electron chi connectivity index (χ0n) is 15.1. The molecule has 0 saturated carbocycles. The van der Waals surface area contributed by atoms with E-state index < -0.39 is 0 Å². The summed E-state index contributed by atoms with van der Waals surface area (Å²) in [6.07, 6.45) is 0. The maximum absolute atomic E-state index is 13.0. The number of hydrogen-bond donors (Lipinski definition) is 1. The number of piperazine rings is 1. The summed E-state index contributed by atoms with van der Waals surface area (Å²) in [6, 6.07) is 11.4. The minimum Gasteiger partial charge on any atom is -0.397 e. The first-order valence-electron chi connectivity index (χ1n) is 9.03. The number of amides is 1. The zero-order chi connectivity index (χ0) is 19.0. The van der Waals surface area contributed by atoms with Gasteiger partial charge in [-0.25, -0.2) is 4.98 Å². The average Bonchev–Trinajstić information content (AvgIpc) is 3.04. The van der Waals surface area contributed by atoms with Gasteiger partial charge in [0.2, 0.25) is 0 Å². The van der Waals surface area contributed by atoms with E-state index in [1.807, 2.05) is 41.3 Å². The summed E-state index contributed by atoms with van der Waals surface area (Å²) >= 11 is 7.34. The lowest BCUT2D eigenvalue weighted by Crippen LogP contribution is -2.48. The number of halogens is 1. The third kappa shape index (κ3) is 3.52. The van der Waals surface area contributed by atoms with Crippen LogP contribution in [0.15, 0.2) is 36.4 Å². The molecule has 7 heteroatoms. The number of hydrogen-bond acceptors (Lipinski definition) is 5. The van der Waals surface area contributed by atoms with E-state index in [4.69, 9.17) is 22.3 Å². The van der Waals surface area contributed by atoms with E-state index >= 15 is 0 Å². The Labute approximate surface area is 167 Å². The third-order valence-electron chi connectivity index (χ3n) is 5.03. The molecule has 3 heterocycles. The largest absolute Gasteiger partial charge is 0.397 e. The van der Waals surface area contributed by atoms with E-state index in [9.17, 15) is 4.79 Å². The number of aromatic nitrogens is 1. The summed E-state index contributed by atoms with van der Waals surface area (Å²) in [5.41, 5.74) is 8.67. The van der Waals surface area contributed by atoms with Crippen LogP contribution in [0.1, 0.15) is 16.6 Å². The molecule has 1 aromatic carbocycles. The standard InChI is InChI=1S/C20H21ClN4OS/c1-2-24-9-11-25(12-10-24)20(26)18-17(22)15-7-8-16(23-19(15)27-18)13-3-5-14(21)6-4-13/h3-8H,2,9-12,22H2,1H3. The van der Waals surface area contributed by atoms with Gasteiger partial charge < -0.3 is 15.5 Å². The smallest absolute Gasteiger partial charge is 0.266 e. The summed E-state index contributed by atoms with van der Waals surface area (Å²) in [5, 5.41) is 1.53. The Morgan fingerprint density at radius 1 is 1.15 bits per heavy atom. The van der Waals surface area contributed by atoms with Crippen LogP contribution >= 0.6 is 22.9 Å². The monoisotopic (exact) mass is 400 g/mol. The van der Waals surface area contributed by atoms with Gasteiger partial charge in [-0.1, -0.05) is 30.7 Å².